The molecule has 2 atom stereocenters. The van der Waals surface area contributed by atoms with Gasteiger partial charge in [-0.25, -0.2) is 0 Å². The first-order valence-corrected chi connectivity index (χ1v) is 11.7. The van der Waals surface area contributed by atoms with Crippen LogP contribution < -0.4 is 0 Å². The van der Waals surface area contributed by atoms with Gasteiger partial charge in [0.25, 0.3) is 0 Å². The van der Waals surface area contributed by atoms with E-state index in [2.05, 4.69) is 9.88 Å². The smallest absolute Gasteiger partial charge is 0.219 e. The van der Waals surface area contributed by atoms with E-state index < -0.39 is 11.8 Å². The Morgan fingerprint density at radius 2 is 2.00 bits per heavy atom. The number of rotatable bonds is 9. The summed E-state index contributed by atoms with van der Waals surface area (Å²) in [6.45, 7) is 6.92. The predicted octanol–water partition coefficient (Wildman–Crippen LogP) is 2.70. The molecule has 1 aliphatic rings. The number of aldehydes is 1. The summed E-state index contributed by atoms with van der Waals surface area (Å²) in [7, 11) is 3.49. The van der Waals surface area contributed by atoms with Crippen LogP contribution in [0, 0.1) is 0 Å². The van der Waals surface area contributed by atoms with Crippen molar-refractivity contribution in [2.45, 2.75) is 32.2 Å². The Labute approximate surface area is 206 Å². The number of amides is 1. The highest BCUT2D eigenvalue weighted by atomic mass is 35.5. The summed E-state index contributed by atoms with van der Waals surface area (Å²) >= 11 is 5.93. The highest BCUT2D eigenvalue weighted by Gasteiger charge is 2.30. The molecule has 1 aromatic carbocycles. The molecule has 2 heterocycles. The molecule has 34 heavy (non-hydrogen) atoms. The first-order valence-electron chi connectivity index (χ1n) is 11.3. The van der Waals surface area contributed by atoms with Crippen molar-refractivity contribution in [2.24, 2.45) is 0 Å². The summed E-state index contributed by atoms with van der Waals surface area (Å²) in [6.07, 6.45) is 1.91. The Hall–Kier alpha value is -2.36. The van der Waals surface area contributed by atoms with Gasteiger partial charge in [-0.2, -0.15) is 0 Å². The van der Waals surface area contributed by atoms with Crippen LogP contribution >= 0.6 is 11.6 Å². The van der Waals surface area contributed by atoms with Gasteiger partial charge in [0.15, 0.2) is 0 Å². The molecule has 3 rings (SSSR count). The number of hydrogen-bond donors (Lipinski definition) is 1. The van der Waals surface area contributed by atoms with E-state index in [9.17, 15) is 14.7 Å². The van der Waals surface area contributed by atoms with Crippen molar-refractivity contribution >= 4 is 23.8 Å². The molecule has 0 radical (unpaired) electrons. The number of ether oxygens (including phenoxy) is 1. The standard InChI is InChI=1S/C25H33ClN4O4/c1-18(32)30-11-9-29(10-12-30)17-25(2,33)20-5-8-23(19(13-20)16-31)24(34-4)28(3)15-22-7-6-21(26)14-27-22/h5-8,13-14,16,24,33H,9-12,15,17H2,1-4H3/t24-,25?/m1/s1. The lowest BCUT2D eigenvalue weighted by atomic mass is 9.91. The quantitative estimate of drug-likeness (QED) is 0.429. The number of aromatic nitrogens is 1. The number of halogens is 1. The normalized spacial score (nSPS) is 17.4. The summed E-state index contributed by atoms with van der Waals surface area (Å²) in [6, 6.07) is 9.04. The van der Waals surface area contributed by atoms with Gasteiger partial charge in [0.2, 0.25) is 5.91 Å². The van der Waals surface area contributed by atoms with Crippen molar-refractivity contribution in [3.8, 4) is 0 Å². The van der Waals surface area contributed by atoms with Crippen LogP contribution in [0.2, 0.25) is 5.02 Å². The van der Waals surface area contributed by atoms with E-state index in [1.807, 2.05) is 35.0 Å². The molecule has 2 aromatic rings. The highest BCUT2D eigenvalue weighted by Crippen LogP contribution is 2.30. The van der Waals surface area contributed by atoms with Gasteiger partial charge in [-0.1, -0.05) is 23.7 Å². The second-order valence-electron chi connectivity index (χ2n) is 8.99. The van der Waals surface area contributed by atoms with Gasteiger partial charge >= 0.3 is 0 Å². The van der Waals surface area contributed by atoms with Crippen LogP contribution in [0.1, 0.15) is 47.3 Å². The molecule has 1 N–H and O–H groups in total. The average Bonchev–Trinajstić information content (AvgIpc) is 2.81. The fourth-order valence-corrected chi connectivity index (χ4v) is 4.48. The molecule has 1 saturated heterocycles. The van der Waals surface area contributed by atoms with Crippen molar-refractivity contribution in [1.29, 1.82) is 0 Å². The predicted molar refractivity (Wildman–Crippen MR) is 131 cm³/mol. The molecular formula is C25H33ClN4O4. The van der Waals surface area contributed by atoms with Gasteiger partial charge < -0.3 is 14.7 Å². The van der Waals surface area contributed by atoms with Crippen molar-refractivity contribution in [3.63, 3.8) is 0 Å². The molecule has 0 spiro atoms. The summed E-state index contributed by atoms with van der Waals surface area (Å²) in [5.74, 6) is 0.0714. The van der Waals surface area contributed by atoms with Gasteiger partial charge in [0.1, 0.15) is 12.5 Å². The van der Waals surface area contributed by atoms with Gasteiger partial charge in [0, 0.05) is 70.6 Å². The Kier molecular flexibility index (Phi) is 8.78. The summed E-state index contributed by atoms with van der Waals surface area (Å²) in [5.41, 5.74) is 1.50. The topological polar surface area (TPSA) is 86.2 Å². The lowest BCUT2D eigenvalue weighted by Crippen LogP contribution is -2.51. The molecule has 0 aliphatic carbocycles. The zero-order valence-electron chi connectivity index (χ0n) is 20.2. The molecular weight excluding hydrogens is 456 g/mol. The second kappa shape index (κ2) is 11.4. The van der Waals surface area contributed by atoms with Crippen LogP contribution in [0.15, 0.2) is 36.5 Å². The number of carbonyl (C=O) groups excluding carboxylic acids is 2. The highest BCUT2D eigenvalue weighted by molar-refractivity contribution is 6.30. The summed E-state index contributed by atoms with van der Waals surface area (Å²) in [5, 5.41) is 11.8. The zero-order chi connectivity index (χ0) is 24.9. The number of benzene rings is 1. The van der Waals surface area contributed by atoms with Gasteiger partial charge in [-0.05, 0) is 37.7 Å². The maximum absolute atomic E-state index is 12.0. The third-order valence-electron chi connectivity index (χ3n) is 6.27. The van der Waals surface area contributed by atoms with E-state index in [0.29, 0.717) is 61.0 Å². The Bertz CT molecular complexity index is 991. The molecule has 1 fully saturated rings. The minimum Gasteiger partial charge on any atom is -0.384 e. The van der Waals surface area contributed by atoms with Crippen LogP contribution in [0.25, 0.3) is 0 Å². The van der Waals surface area contributed by atoms with Crippen molar-refractivity contribution in [2.75, 3.05) is 46.9 Å². The van der Waals surface area contributed by atoms with Crippen LogP contribution in [0.3, 0.4) is 0 Å². The average molecular weight is 489 g/mol. The van der Waals surface area contributed by atoms with E-state index >= 15 is 0 Å². The van der Waals surface area contributed by atoms with E-state index in [-0.39, 0.29) is 5.91 Å². The van der Waals surface area contributed by atoms with Crippen LogP contribution in [-0.2, 0) is 21.7 Å². The largest absolute Gasteiger partial charge is 0.384 e. The van der Waals surface area contributed by atoms with E-state index in [1.54, 1.807) is 39.3 Å². The summed E-state index contributed by atoms with van der Waals surface area (Å²) in [4.78, 5) is 33.8. The number of carbonyl (C=O) groups is 2. The van der Waals surface area contributed by atoms with E-state index in [1.165, 1.54) is 0 Å². The maximum atomic E-state index is 12.0. The monoisotopic (exact) mass is 488 g/mol. The minimum absolute atomic E-state index is 0.0714. The number of aliphatic hydroxyl groups is 1. The van der Waals surface area contributed by atoms with Gasteiger partial charge in [-0.15, -0.1) is 0 Å². The molecule has 9 heteroatoms. The number of nitrogens with zero attached hydrogens (tertiary/aromatic N) is 4. The van der Waals surface area contributed by atoms with Crippen molar-refractivity contribution in [1.82, 2.24) is 19.7 Å². The Balaban J connectivity index is 1.74. The van der Waals surface area contributed by atoms with Crippen molar-refractivity contribution < 1.29 is 19.4 Å². The molecule has 8 nitrogen and oxygen atoms in total. The fourth-order valence-electron chi connectivity index (χ4n) is 4.37. The Morgan fingerprint density at radius 1 is 1.29 bits per heavy atom. The molecule has 1 amide bonds. The fraction of sp³-hybridized carbons (Fsp3) is 0.480. The van der Waals surface area contributed by atoms with Crippen LogP contribution in [0.5, 0.6) is 0 Å². The molecule has 1 aliphatic heterocycles. The number of hydrogen-bond acceptors (Lipinski definition) is 7. The number of pyridine rings is 1. The van der Waals surface area contributed by atoms with E-state index in [4.69, 9.17) is 16.3 Å². The molecule has 1 unspecified atom stereocenters. The molecule has 0 saturated carbocycles. The maximum Gasteiger partial charge on any atom is 0.219 e. The van der Waals surface area contributed by atoms with E-state index in [0.717, 1.165) is 12.0 Å². The first kappa shape index (κ1) is 26.2. The third-order valence-corrected chi connectivity index (χ3v) is 6.50. The molecule has 184 valence electrons. The number of methoxy groups -OCH3 is 1. The van der Waals surface area contributed by atoms with Crippen molar-refractivity contribution in [3.05, 3.63) is 63.9 Å². The molecule has 1 aromatic heterocycles. The second-order valence-corrected chi connectivity index (χ2v) is 9.42. The summed E-state index contributed by atoms with van der Waals surface area (Å²) < 4.78 is 5.72. The van der Waals surface area contributed by atoms with Gasteiger partial charge in [-0.3, -0.25) is 24.4 Å². The van der Waals surface area contributed by atoms with Crippen LogP contribution in [-0.4, -0.2) is 83.9 Å². The van der Waals surface area contributed by atoms with Gasteiger partial charge in [0.05, 0.1) is 16.3 Å². The first-order chi connectivity index (χ1) is 16.1. The Morgan fingerprint density at radius 3 is 2.56 bits per heavy atom. The lowest BCUT2D eigenvalue weighted by Gasteiger charge is -2.38. The number of β-amino-alcohol motifs (C(OH)–C–C–N with tert-alkyl or cyclic N) is 1. The zero-order valence-corrected chi connectivity index (χ0v) is 21.0. The number of piperazine rings is 1. The third kappa shape index (κ3) is 6.40. The lowest BCUT2D eigenvalue weighted by molar-refractivity contribution is -0.130. The van der Waals surface area contributed by atoms with Crippen LogP contribution in [0.4, 0.5) is 0 Å². The minimum atomic E-state index is -1.16. The SMILES string of the molecule is CO[C@H](c1ccc(C(C)(O)CN2CCN(C(C)=O)CC2)cc1C=O)N(C)Cc1ccc(Cl)cn1. The molecule has 0 bridgehead atoms.